The summed E-state index contributed by atoms with van der Waals surface area (Å²) < 4.78 is 1.13. The fourth-order valence-corrected chi connectivity index (χ4v) is 2.08. The highest BCUT2D eigenvalue weighted by molar-refractivity contribution is 6.07. The summed E-state index contributed by atoms with van der Waals surface area (Å²) in [5.74, 6) is 0. The highest BCUT2D eigenvalue weighted by Crippen LogP contribution is 2.27. The summed E-state index contributed by atoms with van der Waals surface area (Å²) in [4.78, 5) is 11.1. The quantitative estimate of drug-likeness (QED) is 0.460. The third kappa shape index (κ3) is 1.04. The molecular weight excluding hydrogens is 204 g/mol. The zero-order chi connectivity index (χ0) is 11.1. The van der Waals surface area contributed by atoms with Crippen molar-refractivity contribution in [3.8, 4) is 0 Å². The molecular formula is C12H8N2O2. The van der Waals surface area contributed by atoms with E-state index in [-0.39, 0.29) is 5.03 Å². The van der Waals surface area contributed by atoms with Crippen molar-refractivity contribution in [3.05, 3.63) is 58.6 Å². The molecule has 1 heterocycles. The molecule has 0 aliphatic heterocycles. The van der Waals surface area contributed by atoms with Crippen LogP contribution in [0.1, 0.15) is 0 Å². The molecule has 0 bridgehead atoms. The average molecular weight is 212 g/mol. The van der Waals surface area contributed by atoms with E-state index in [0.29, 0.717) is 11.0 Å². The zero-order valence-corrected chi connectivity index (χ0v) is 8.33. The fraction of sp³-hybridized carbons (Fsp3) is 0. The highest BCUT2D eigenvalue weighted by Gasteiger charge is 2.15. The van der Waals surface area contributed by atoms with E-state index in [2.05, 4.69) is 0 Å². The minimum atomic E-state index is -0.384. The maximum atomic E-state index is 11.1. The Morgan fingerprint density at radius 2 is 1.31 bits per heavy atom. The van der Waals surface area contributed by atoms with Crippen LogP contribution in [0.25, 0.3) is 21.8 Å². The van der Waals surface area contributed by atoms with E-state index in [0.717, 1.165) is 15.4 Å². The minimum absolute atomic E-state index is 0.384. The topological polar surface area (TPSA) is 48.1 Å². The van der Waals surface area contributed by atoms with Crippen LogP contribution in [0.2, 0.25) is 0 Å². The third-order valence-corrected chi connectivity index (χ3v) is 2.72. The Hall–Kier alpha value is -2.36. The van der Waals surface area contributed by atoms with Gasteiger partial charge in [0.15, 0.2) is 5.03 Å². The highest BCUT2D eigenvalue weighted by atomic mass is 16.7. The molecule has 0 amide bonds. The molecule has 78 valence electrons. The lowest BCUT2D eigenvalue weighted by Gasteiger charge is -1.94. The predicted molar refractivity (Wildman–Crippen MR) is 61.8 cm³/mol. The predicted octanol–water partition coefficient (Wildman–Crippen LogP) is 2.83. The van der Waals surface area contributed by atoms with Crippen LogP contribution >= 0.6 is 0 Å². The van der Waals surface area contributed by atoms with Crippen LogP contribution in [0, 0.1) is 10.1 Å². The van der Waals surface area contributed by atoms with Gasteiger partial charge in [-0.05, 0) is 12.1 Å². The van der Waals surface area contributed by atoms with Gasteiger partial charge in [-0.3, -0.25) is 0 Å². The molecule has 0 spiro atoms. The number of benzene rings is 2. The first-order valence-electron chi connectivity index (χ1n) is 4.92. The zero-order valence-electron chi connectivity index (χ0n) is 8.33. The van der Waals surface area contributed by atoms with Gasteiger partial charge in [-0.25, -0.2) is 10.1 Å². The molecule has 0 aliphatic carbocycles. The van der Waals surface area contributed by atoms with Gasteiger partial charge in [0.1, 0.15) is 11.0 Å². The standard InChI is InChI=1S/C12H8N2O2/c15-14(16)13-11-7-3-1-5-9(11)10-6-2-4-8-12(10)13/h1-8H. The second-order valence-corrected chi connectivity index (χ2v) is 3.58. The normalized spacial score (nSPS) is 11.0. The summed E-state index contributed by atoms with van der Waals surface area (Å²) in [7, 11) is 0. The molecule has 0 unspecified atom stereocenters. The lowest BCUT2D eigenvalue weighted by molar-refractivity contribution is -0.533. The van der Waals surface area contributed by atoms with E-state index in [1.165, 1.54) is 0 Å². The average Bonchev–Trinajstić information content (AvgIpc) is 2.63. The molecule has 3 rings (SSSR count). The minimum Gasteiger partial charge on any atom is -0.234 e. The Labute approximate surface area is 90.8 Å². The van der Waals surface area contributed by atoms with E-state index in [4.69, 9.17) is 0 Å². The van der Waals surface area contributed by atoms with Gasteiger partial charge < -0.3 is 0 Å². The number of hydrogen-bond donors (Lipinski definition) is 0. The largest absolute Gasteiger partial charge is 0.234 e. The molecule has 16 heavy (non-hydrogen) atoms. The number of hydrogen-bond acceptors (Lipinski definition) is 2. The molecule has 0 N–H and O–H groups in total. The van der Waals surface area contributed by atoms with Crippen molar-refractivity contribution in [2.45, 2.75) is 0 Å². The number of fused-ring (bicyclic) bond motifs is 3. The number of para-hydroxylation sites is 2. The van der Waals surface area contributed by atoms with Gasteiger partial charge in [0.05, 0.1) is 0 Å². The third-order valence-electron chi connectivity index (χ3n) is 2.72. The van der Waals surface area contributed by atoms with Crippen LogP contribution in [-0.4, -0.2) is 9.71 Å². The molecule has 0 atom stereocenters. The SMILES string of the molecule is O=[N+]([O-])n1c2ccccc2c2ccccc21. The van der Waals surface area contributed by atoms with Crippen molar-refractivity contribution < 1.29 is 5.03 Å². The van der Waals surface area contributed by atoms with Gasteiger partial charge >= 0.3 is 0 Å². The summed E-state index contributed by atoms with van der Waals surface area (Å²) in [6.07, 6.45) is 0. The lowest BCUT2D eigenvalue weighted by atomic mass is 10.2. The Morgan fingerprint density at radius 3 is 1.75 bits per heavy atom. The fourth-order valence-electron chi connectivity index (χ4n) is 2.08. The first kappa shape index (κ1) is 8.91. The number of nitro groups is 1. The van der Waals surface area contributed by atoms with Gasteiger partial charge in [0.2, 0.25) is 0 Å². The molecule has 3 aromatic rings. The van der Waals surface area contributed by atoms with Gasteiger partial charge in [-0.1, -0.05) is 41.1 Å². The summed E-state index contributed by atoms with van der Waals surface area (Å²) in [5, 5.41) is 12.5. The summed E-state index contributed by atoms with van der Waals surface area (Å²) >= 11 is 0. The van der Waals surface area contributed by atoms with Gasteiger partial charge in [0, 0.05) is 10.8 Å². The molecule has 2 aromatic carbocycles. The summed E-state index contributed by atoms with van der Waals surface area (Å²) in [6.45, 7) is 0. The van der Waals surface area contributed by atoms with Crippen molar-refractivity contribution >= 4 is 21.8 Å². The Kier molecular flexibility index (Phi) is 1.71. The van der Waals surface area contributed by atoms with Crippen LogP contribution in [0.3, 0.4) is 0 Å². The van der Waals surface area contributed by atoms with Gasteiger partial charge in [0.25, 0.3) is 0 Å². The van der Waals surface area contributed by atoms with Gasteiger partial charge in [-0.2, -0.15) is 0 Å². The monoisotopic (exact) mass is 212 g/mol. The maximum Gasteiger partial charge on any atom is 0.170 e. The van der Waals surface area contributed by atoms with Crippen LogP contribution in [0.4, 0.5) is 0 Å². The molecule has 0 aliphatic rings. The van der Waals surface area contributed by atoms with Crippen molar-refractivity contribution in [2.75, 3.05) is 0 Å². The molecule has 0 saturated carbocycles. The van der Waals surface area contributed by atoms with Gasteiger partial charge in [-0.15, -0.1) is 0 Å². The molecule has 1 aromatic heterocycles. The number of aromatic nitrogens is 1. The Balaban J connectivity index is 2.64. The van der Waals surface area contributed by atoms with Crippen molar-refractivity contribution in [1.82, 2.24) is 4.68 Å². The molecule has 0 saturated heterocycles. The first-order valence-corrected chi connectivity index (χ1v) is 4.92. The van der Waals surface area contributed by atoms with Crippen LogP contribution in [-0.2, 0) is 0 Å². The molecule has 0 fully saturated rings. The Morgan fingerprint density at radius 1 is 0.875 bits per heavy atom. The van der Waals surface area contributed by atoms with E-state index >= 15 is 0 Å². The molecule has 4 heteroatoms. The number of nitrogens with zero attached hydrogens (tertiary/aromatic N) is 2. The van der Waals surface area contributed by atoms with Crippen molar-refractivity contribution in [2.24, 2.45) is 0 Å². The number of rotatable bonds is 1. The lowest BCUT2D eigenvalue weighted by Crippen LogP contribution is -2.07. The summed E-state index contributed by atoms with van der Waals surface area (Å²) in [6, 6.07) is 14.7. The van der Waals surface area contributed by atoms with Crippen LogP contribution in [0.5, 0.6) is 0 Å². The van der Waals surface area contributed by atoms with E-state index in [1.807, 2.05) is 24.3 Å². The second kappa shape index (κ2) is 3.06. The maximum absolute atomic E-state index is 11.1. The smallest absolute Gasteiger partial charge is 0.170 e. The molecule has 4 nitrogen and oxygen atoms in total. The second-order valence-electron chi connectivity index (χ2n) is 3.58. The van der Waals surface area contributed by atoms with E-state index in [1.54, 1.807) is 24.3 Å². The van der Waals surface area contributed by atoms with E-state index in [9.17, 15) is 10.1 Å². The van der Waals surface area contributed by atoms with E-state index < -0.39 is 0 Å². The van der Waals surface area contributed by atoms with Crippen LogP contribution < -0.4 is 0 Å². The summed E-state index contributed by atoms with van der Waals surface area (Å²) in [5.41, 5.74) is 1.27. The van der Waals surface area contributed by atoms with Crippen molar-refractivity contribution in [1.29, 1.82) is 0 Å². The molecule has 0 radical (unpaired) electrons. The van der Waals surface area contributed by atoms with Crippen molar-refractivity contribution in [3.63, 3.8) is 0 Å². The first-order chi connectivity index (χ1) is 7.79. The Bertz CT molecular complexity index is 647. The van der Waals surface area contributed by atoms with Crippen LogP contribution in [0.15, 0.2) is 48.5 Å².